The molecule has 6 nitrogen and oxygen atoms in total. The molecule has 1 aromatic rings. The van der Waals surface area contributed by atoms with Gasteiger partial charge in [0.15, 0.2) is 9.84 Å². The molecule has 0 radical (unpaired) electrons. The first-order chi connectivity index (χ1) is 11.1. The zero-order chi connectivity index (χ0) is 17.7. The summed E-state index contributed by atoms with van der Waals surface area (Å²) in [7, 11) is -6.61. The number of fused-ring (bicyclic) bond motifs is 1. The minimum Gasteiger partial charge on any atom is -0.292 e. The average Bonchev–Trinajstić information content (AvgIpc) is 2.77. The van der Waals surface area contributed by atoms with Crippen molar-refractivity contribution in [2.24, 2.45) is 0 Å². The van der Waals surface area contributed by atoms with Gasteiger partial charge in [-0.3, -0.25) is 4.90 Å². The third-order valence-corrected chi connectivity index (χ3v) is 8.13. The molecule has 1 aromatic carbocycles. The van der Waals surface area contributed by atoms with Gasteiger partial charge in [0.25, 0.3) is 0 Å². The zero-order valence-electron chi connectivity index (χ0n) is 14.3. The summed E-state index contributed by atoms with van der Waals surface area (Å²) in [5.74, 6) is -0.0390. The van der Waals surface area contributed by atoms with E-state index < -0.39 is 25.9 Å². The predicted octanol–water partition coefficient (Wildman–Crippen LogP) is 0.546. The Balaban J connectivity index is 1.87. The van der Waals surface area contributed by atoms with E-state index in [1.54, 1.807) is 0 Å². The number of hydrogen-bond acceptors (Lipinski definition) is 5. The first-order valence-corrected chi connectivity index (χ1v) is 11.7. The molecule has 0 amide bonds. The van der Waals surface area contributed by atoms with E-state index in [9.17, 15) is 16.8 Å². The van der Waals surface area contributed by atoms with Crippen molar-refractivity contribution in [3.05, 3.63) is 34.9 Å². The third kappa shape index (κ3) is 3.51. The van der Waals surface area contributed by atoms with Crippen molar-refractivity contribution < 1.29 is 16.8 Å². The highest BCUT2D eigenvalue weighted by atomic mass is 32.2. The summed E-state index contributed by atoms with van der Waals surface area (Å²) in [6.07, 6.45) is 1.16. The fraction of sp³-hybridized carbons (Fsp3) is 0.625. The Hall–Kier alpha value is -0.960. The highest BCUT2D eigenvalue weighted by Gasteiger charge is 2.49. The second-order valence-electron chi connectivity index (χ2n) is 6.97. The SMILES string of the molecule is Cc1ccc(CN2CCN(S(C)(=O)=O)[C@@H]3CS(=O)(=O)C[C@@H]32)cc1C. The minimum atomic E-state index is -3.40. The largest absolute Gasteiger partial charge is 0.292 e. The monoisotopic (exact) mass is 372 g/mol. The van der Waals surface area contributed by atoms with E-state index in [1.165, 1.54) is 15.4 Å². The van der Waals surface area contributed by atoms with Gasteiger partial charge in [0.2, 0.25) is 10.0 Å². The number of nitrogens with zero attached hydrogens (tertiary/aromatic N) is 2. The van der Waals surface area contributed by atoms with E-state index >= 15 is 0 Å². The second kappa shape index (κ2) is 6.09. The van der Waals surface area contributed by atoms with Gasteiger partial charge in [-0.25, -0.2) is 16.8 Å². The van der Waals surface area contributed by atoms with Gasteiger partial charge in [0.05, 0.1) is 23.8 Å². The van der Waals surface area contributed by atoms with Crippen LogP contribution in [0.15, 0.2) is 18.2 Å². The van der Waals surface area contributed by atoms with Gasteiger partial charge in [-0.15, -0.1) is 0 Å². The van der Waals surface area contributed by atoms with Gasteiger partial charge >= 0.3 is 0 Å². The van der Waals surface area contributed by atoms with E-state index in [-0.39, 0.29) is 17.5 Å². The van der Waals surface area contributed by atoms with Crippen LogP contribution in [-0.4, -0.2) is 69.0 Å². The lowest BCUT2D eigenvalue weighted by molar-refractivity contribution is 0.0895. The maximum Gasteiger partial charge on any atom is 0.211 e. The van der Waals surface area contributed by atoms with Crippen LogP contribution in [0.3, 0.4) is 0 Å². The number of hydrogen-bond donors (Lipinski definition) is 0. The van der Waals surface area contributed by atoms with Crippen LogP contribution in [0.4, 0.5) is 0 Å². The van der Waals surface area contributed by atoms with Gasteiger partial charge in [-0.05, 0) is 30.5 Å². The lowest BCUT2D eigenvalue weighted by Crippen LogP contribution is -2.59. The first-order valence-electron chi connectivity index (χ1n) is 8.04. The first kappa shape index (κ1) is 17.8. The molecule has 24 heavy (non-hydrogen) atoms. The number of sulfone groups is 1. The quantitative estimate of drug-likeness (QED) is 0.774. The molecule has 2 heterocycles. The van der Waals surface area contributed by atoms with Crippen LogP contribution in [0, 0.1) is 13.8 Å². The molecule has 3 rings (SSSR count). The van der Waals surface area contributed by atoms with Crippen molar-refractivity contribution in [2.45, 2.75) is 32.5 Å². The zero-order valence-corrected chi connectivity index (χ0v) is 15.9. The summed E-state index contributed by atoms with van der Waals surface area (Å²) in [4.78, 5) is 2.13. The molecule has 0 N–H and O–H groups in total. The molecule has 2 aliphatic rings. The van der Waals surface area contributed by atoms with Crippen LogP contribution >= 0.6 is 0 Å². The van der Waals surface area contributed by atoms with Crippen LogP contribution in [-0.2, 0) is 26.4 Å². The van der Waals surface area contributed by atoms with Gasteiger partial charge in [-0.2, -0.15) is 4.31 Å². The summed E-state index contributed by atoms with van der Waals surface area (Å²) >= 11 is 0. The standard InChI is InChI=1S/C16H24N2O4S2/c1-12-4-5-14(8-13(12)2)9-17-6-7-18(23(3,19)20)16-11-24(21,22)10-15(16)17/h4-5,8,15-16H,6-7,9-11H2,1-3H3/t15-,16+/m0/s1. The Bertz CT molecular complexity index is 849. The molecule has 0 spiro atoms. The molecule has 0 unspecified atom stereocenters. The van der Waals surface area contributed by atoms with Crippen molar-refractivity contribution >= 4 is 19.9 Å². The lowest BCUT2D eigenvalue weighted by Gasteiger charge is -2.42. The Morgan fingerprint density at radius 1 is 1.08 bits per heavy atom. The van der Waals surface area contributed by atoms with Crippen LogP contribution in [0.25, 0.3) is 0 Å². The highest BCUT2D eigenvalue weighted by molar-refractivity contribution is 7.92. The molecule has 2 saturated heterocycles. The summed E-state index contributed by atoms with van der Waals surface area (Å²) < 4.78 is 49.6. The van der Waals surface area contributed by atoms with Crippen LogP contribution in [0.5, 0.6) is 0 Å². The summed E-state index contributed by atoms with van der Waals surface area (Å²) in [6, 6.07) is 5.52. The number of sulfonamides is 1. The number of aryl methyl sites for hydroxylation is 2. The molecule has 134 valence electrons. The molecule has 0 saturated carbocycles. The lowest BCUT2D eigenvalue weighted by atomic mass is 10.0. The number of piperazine rings is 1. The van der Waals surface area contributed by atoms with Crippen molar-refractivity contribution in [2.75, 3.05) is 30.9 Å². The fourth-order valence-electron chi connectivity index (χ4n) is 3.74. The molecule has 0 bridgehead atoms. The van der Waals surface area contributed by atoms with Crippen LogP contribution in [0.1, 0.15) is 16.7 Å². The van der Waals surface area contributed by atoms with E-state index in [2.05, 4.69) is 36.9 Å². The van der Waals surface area contributed by atoms with Gasteiger partial charge in [0.1, 0.15) is 0 Å². The second-order valence-corrected chi connectivity index (χ2v) is 11.1. The van der Waals surface area contributed by atoms with Crippen molar-refractivity contribution in [3.8, 4) is 0 Å². The minimum absolute atomic E-state index is 0.0362. The topological polar surface area (TPSA) is 74.8 Å². The Labute approximate surface area is 144 Å². The smallest absolute Gasteiger partial charge is 0.211 e. The third-order valence-electron chi connectivity index (χ3n) is 5.12. The normalized spacial score (nSPS) is 28.0. The van der Waals surface area contributed by atoms with Crippen molar-refractivity contribution in [1.29, 1.82) is 0 Å². The molecular formula is C16H24N2O4S2. The predicted molar refractivity (Wildman–Crippen MR) is 94.1 cm³/mol. The summed E-state index contributed by atoms with van der Waals surface area (Å²) in [6.45, 7) is 5.67. The van der Waals surface area contributed by atoms with E-state index in [0.717, 1.165) is 11.8 Å². The molecule has 2 fully saturated rings. The number of benzene rings is 1. The van der Waals surface area contributed by atoms with Crippen LogP contribution in [0.2, 0.25) is 0 Å². The Morgan fingerprint density at radius 2 is 1.75 bits per heavy atom. The highest BCUT2D eigenvalue weighted by Crippen LogP contribution is 2.29. The van der Waals surface area contributed by atoms with E-state index in [0.29, 0.717) is 19.6 Å². The maximum atomic E-state index is 12.1. The van der Waals surface area contributed by atoms with E-state index in [4.69, 9.17) is 0 Å². The van der Waals surface area contributed by atoms with Gasteiger partial charge < -0.3 is 0 Å². The van der Waals surface area contributed by atoms with Gasteiger partial charge in [-0.1, -0.05) is 18.2 Å². The molecule has 0 aromatic heterocycles. The molecule has 8 heteroatoms. The molecular weight excluding hydrogens is 348 g/mol. The molecule has 2 atom stereocenters. The molecule has 0 aliphatic carbocycles. The van der Waals surface area contributed by atoms with Crippen LogP contribution < -0.4 is 0 Å². The summed E-state index contributed by atoms with van der Waals surface area (Å²) in [5.41, 5.74) is 3.56. The molecule has 2 aliphatic heterocycles. The Kier molecular flexibility index (Phi) is 4.53. The van der Waals surface area contributed by atoms with Gasteiger partial charge in [0, 0.05) is 25.7 Å². The summed E-state index contributed by atoms with van der Waals surface area (Å²) in [5, 5.41) is 0. The maximum absolute atomic E-state index is 12.1. The average molecular weight is 373 g/mol. The fourth-order valence-corrected chi connectivity index (χ4v) is 6.96. The Morgan fingerprint density at radius 3 is 2.38 bits per heavy atom. The van der Waals surface area contributed by atoms with Crippen molar-refractivity contribution in [3.63, 3.8) is 0 Å². The number of rotatable bonds is 3. The van der Waals surface area contributed by atoms with E-state index in [1.807, 2.05) is 0 Å². The van der Waals surface area contributed by atoms with Crippen molar-refractivity contribution in [1.82, 2.24) is 9.21 Å².